The van der Waals surface area contributed by atoms with Crippen LogP contribution in [0.15, 0.2) is 42.5 Å². The van der Waals surface area contributed by atoms with Gasteiger partial charge in [0.05, 0.1) is 12.6 Å². The predicted octanol–water partition coefficient (Wildman–Crippen LogP) is 3.60. The van der Waals surface area contributed by atoms with Gasteiger partial charge in [0.2, 0.25) is 5.91 Å². The van der Waals surface area contributed by atoms with Crippen LogP contribution >= 0.6 is 0 Å². The van der Waals surface area contributed by atoms with E-state index in [1.807, 2.05) is 37.3 Å². The molecule has 25 heavy (non-hydrogen) atoms. The second kappa shape index (κ2) is 7.25. The summed E-state index contributed by atoms with van der Waals surface area (Å²) in [7, 11) is 0. The van der Waals surface area contributed by atoms with E-state index in [0.29, 0.717) is 18.0 Å². The van der Waals surface area contributed by atoms with E-state index in [4.69, 9.17) is 4.74 Å². The van der Waals surface area contributed by atoms with Gasteiger partial charge in [0.1, 0.15) is 5.75 Å². The van der Waals surface area contributed by atoms with E-state index in [0.717, 1.165) is 23.3 Å². The van der Waals surface area contributed by atoms with E-state index in [1.54, 1.807) is 12.1 Å². The zero-order chi connectivity index (χ0) is 17.8. The molecule has 3 amide bonds. The van der Waals surface area contributed by atoms with Gasteiger partial charge in [-0.1, -0.05) is 24.3 Å². The summed E-state index contributed by atoms with van der Waals surface area (Å²) in [6.45, 7) is 3.92. The maximum Gasteiger partial charge on any atom is 0.319 e. The number of rotatable bonds is 3. The third-order valence-corrected chi connectivity index (χ3v) is 4.07. The summed E-state index contributed by atoms with van der Waals surface area (Å²) >= 11 is 0. The fourth-order valence-corrected chi connectivity index (χ4v) is 2.84. The number of carbonyl (C=O) groups is 2. The molecule has 6 heteroatoms. The number of nitrogens with one attached hydrogen (secondary N) is 3. The standard InChI is InChI=1S/C19H21N3O3/c1-12-7-8-14(11-17(12)20-13(2)23)21-19(24)22-16-9-10-25-18-6-4-3-5-15(16)18/h3-8,11,16H,9-10H2,1-2H3,(H,20,23)(H2,21,22,24)/t16-/m0/s1. The largest absolute Gasteiger partial charge is 0.493 e. The topological polar surface area (TPSA) is 79.5 Å². The molecule has 0 aliphatic carbocycles. The average molecular weight is 339 g/mol. The predicted molar refractivity (Wildman–Crippen MR) is 96.9 cm³/mol. The lowest BCUT2D eigenvalue weighted by Gasteiger charge is -2.26. The van der Waals surface area contributed by atoms with Gasteiger partial charge in [0, 0.05) is 30.3 Å². The second-order valence-electron chi connectivity index (χ2n) is 6.04. The number of amides is 3. The maximum absolute atomic E-state index is 12.4. The van der Waals surface area contributed by atoms with Crippen molar-refractivity contribution in [2.24, 2.45) is 0 Å². The summed E-state index contributed by atoms with van der Waals surface area (Å²) in [6, 6.07) is 12.7. The number of benzene rings is 2. The van der Waals surface area contributed by atoms with Crippen LogP contribution in [0.25, 0.3) is 0 Å². The van der Waals surface area contributed by atoms with Crippen molar-refractivity contribution in [2.45, 2.75) is 26.3 Å². The molecule has 130 valence electrons. The fourth-order valence-electron chi connectivity index (χ4n) is 2.84. The molecule has 0 spiro atoms. The summed E-state index contributed by atoms with van der Waals surface area (Å²) in [5.74, 6) is 0.658. The number of carbonyl (C=O) groups excluding carboxylic acids is 2. The van der Waals surface area contributed by atoms with E-state index >= 15 is 0 Å². The van der Waals surface area contributed by atoms with Gasteiger partial charge in [0.25, 0.3) is 0 Å². The Morgan fingerprint density at radius 3 is 2.72 bits per heavy atom. The lowest BCUT2D eigenvalue weighted by atomic mass is 10.0. The highest BCUT2D eigenvalue weighted by Gasteiger charge is 2.22. The van der Waals surface area contributed by atoms with Crippen molar-refractivity contribution in [2.75, 3.05) is 17.2 Å². The van der Waals surface area contributed by atoms with Crippen molar-refractivity contribution in [3.63, 3.8) is 0 Å². The number of hydrogen-bond donors (Lipinski definition) is 3. The quantitative estimate of drug-likeness (QED) is 0.799. The molecule has 2 aromatic carbocycles. The number of para-hydroxylation sites is 1. The van der Waals surface area contributed by atoms with E-state index in [9.17, 15) is 9.59 Å². The van der Waals surface area contributed by atoms with Crippen LogP contribution in [0.1, 0.15) is 30.5 Å². The molecule has 3 rings (SSSR count). The van der Waals surface area contributed by atoms with Gasteiger partial charge in [-0.25, -0.2) is 4.79 Å². The molecule has 0 aromatic heterocycles. The third kappa shape index (κ3) is 4.09. The summed E-state index contributed by atoms with van der Waals surface area (Å²) in [5.41, 5.74) is 3.21. The van der Waals surface area contributed by atoms with E-state index < -0.39 is 0 Å². The first-order valence-corrected chi connectivity index (χ1v) is 8.20. The monoisotopic (exact) mass is 339 g/mol. The Labute approximate surface area is 146 Å². The first-order valence-electron chi connectivity index (χ1n) is 8.20. The molecule has 0 bridgehead atoms. The van der Waals surface area contributed by atoms with Crippen LogP contribution < -0.4 is 20.7 Å². The number of urea groups is 1. The Morgan fingerprint density at radius 2 is 1.92 bits per heavy atom. The number of aryl methyl sites for hydroxylation is 1. The van der Waals surface area contributed by atoms with Crippen molar-refractivity contribution in [3.05, 3.63) is 53.6 Å². The first-order chi connectivity index (χ1) is 12.0. The SMILES string of the molecule is CC(=O)Nc1cc(NC(=O)N[C@H]2CCOc3ccccc32)ccc1C. The smallest absolute Gasteiger partial charge is 0.319 e. The van der Waals surface area contributed by atoms with Crippen LogP contribution in [-0.2, 0) is 4.79 Å². The van der Waals surface area contributed by atoms with Crippen LogP contribution in [0, 0.1) is 6.92 Å². The third-order valence-electron chi connectivity index (χ3n) is 4.07. The second-order valence-corrected chi connectivity index (χ2v) is 6.04. The Hall–Kier alpha value is -3.02. The molecule has 1 atom stereocenters. The fraction of sp³-hybridized carbons (Fsp3) is 0.263. The van der Waals surface area contributed by atoms with Crippen LogP contribution in [0.2, 0.25) is 0 Å². The highest BCUT2D eigenvalue weighted by molar-refractivity contribution is 5.93. The van der Waals surface area contributed by atoms with Gasteiger partial charge in [-0.2, -0.15) is 0 Å². The summed E-state index contributed by atoms with van der Waals surface area (Å²) < 4.78 is 5.61. The van der Waals surface area contributed by atoms with E-state index in [1.165, 1.54) is 6.92 Å². The molecule has 0 fully saturated rings. The van der Waals surface area contributed by atoms with Crippen molar-refractivity contribution in [1.29, 1.82) is 0 Å². The Morgan fingerprint density at radius 1 is 1.12 bits per heavy atom. The average Bonchev–Trinajstić information content (AvgIpc) is 2.58. The Balaban J connectivity index is 1.68. The molecule has 1 heterocycles. The lowest BCUT2D eigenvalue weighted by molar-refractivity contribution is -0.114. The molecule has 1 aliphatic rings. The molecular formula is C19H21N3O3. The minimum atomic E-state index is -0.292. The highest BCUT2D eigenvalue weighted by atomic mass is 16.5. The zero-order valence-electron chi connectivity index (χ0n) is 14.3. The van der Waals surface area contributed by atoms with Crippen molar-refractivity contribution >= 4 is 23.3 Å². The van der Waals surface area contributed by atoms with Crippen molar-refractivity contribution in [3.8, 4) is 5.75 Å². The summed E-state index contributed by atoms with van der Waals surface area (Å²) in [6.07, 6.45) is 0.718. The summed E-state index contributed by atoms with van der Waals surface area (Å²) in [5, 5.41) is 8.55. The van der Waals surface area contributed by atoms with Crippen LogP contribution in [-0.4, -0.2) is 18.5 Å². The molecule has 0 saturated carbocycles. The van der Waals surface area contributed by atoms with Crippen LogP contribution in [0.4, 0.5) is 16.2 Å². The van der Waals surface area contributed by atoms with Crippen LogP contribution in [0.5, 0.6) is 5.75 Å². The van der Waals surface area contributed by atoms with Gasteiger partial charge in [-0.15, -0.1) is 0 Å². The maximum atomic E-state index is 12.4. The molecule has 0 unspecified atom stereocenters. The normalized spacial score (nSPS) is 15.5. The van der Waals surface area contributed by atoms with E-state index in [-0.39, 0.29) is 18.0 Å². The van der Waals surface area contributed by atoms with Crippen molar-refractivity contribution < 1.29 is 14.3 Å². The lowest BCUT2D eigenvalue weighted by Crippen LogP contribution is -2.35. The first kappa shape index (κ1) is 16.8. The zero-order valence-corrected chi connectivity index (χ0v) is 14.3. The van der Waals surface area contributed by atoms with Gasteiger partial charge < -0.3 is 20.7 Å². The molecule has 1 aliphatic heterocycles. The van der Waals surface area contributed by atoms with Gasteiger partial charge in [-0.05, 0) is 30.7 Å². The minimum Gasteiger partial charge on any atom is -0.493 e. The van der Waals surface area contributed by atoms with Crippen LogP contribution in [0.3, 0.4) is 0 Å². The molecular weight excluding hydrogens is 318 g/mol. The Kier molecular flexibility index (Phi) is 4.88. The molecule has 6 nitrogen and oxygen atoms in total. The molecule has 2 aromatic rings. The Bertz CT molecular complexity index is 804. The van der Waals surface area contributed by atoms with Gasteiger partial charge >= 0.3 is 6.03 Å². The van der Waals surface area contributed by atoms with Gasteiger partial charge in [-0.3, -0.25) is 4.79 Å². The number of anilines is 2. The molecule has 3 N–H and O–H groups in total. The highest BCUT2D eigenvalue weighted by Crippen LogP contribution is 2.31. The van der Waals surface area contributed by atoms with Gasteiger partial charge in [0.15, 0.2) is 0 Å². The number of fused-ring (bicyclic) bond motifs is 1. The summed E-state index contributed by atoms with van der Waals surface area (Å²) in [4.78, 5) is 23.6. The van der Waals surface area contributed by atoms with Crippen molar-refractivity contribution in [1.82, 2.24) is 5.32 Å². The minimum absolute atomic E-state index is 0.0924. The number of hydrogen-bond acceptors (Lipinski definition) is 3. The number of ether oxygens (including phenoxy) is 1. The molecule has 0 radical (unpaired) electrons. The van der Waals surface area contributed by atoms with E-state index in [2.05, 4.69) is 16.0 Å². The molecule has 0 saturated heterocycles.